The van der Waals surface area contributed by atoms with Crippen molar-refractivity contribution in [3.05, 3.63) is 24.4 Å². The Morgan fingerprint density at radius 3 is 2.46 bits per heavy atom. The molecule has 0 aliphatic heterocycles. The normalized spacial score (nSPS) is 10.3. The molecule has 0 radical (unpaired) electrons. The monoisotopic (exact) mass is 181 g/mol. The molecule has 0 bridgehead atoms. The van der Waals surface area contributed by atoms with Crippen molar-refractivity contribution in [3.8, 4) is 11.5 Å². The molecule has 0 spiro atoms. The van der Waals surface area contributed by atoms with Crippen molar-refractivity contribution >= 4 is 10.9 Å². The standard InChI is InChI=1S/C8H7NO4/c10-12-7-3-5-1-2-9-6(5)4-8(7)13-11/h1-4,9-11H. The third-order valence-corrected chi connectivity index (χ3v) is 1.81. The average Bonchev–Trinajstić information content (AvgIpc) is 2.62. The molecule has 3 N–H and O–H groups in total. The Labute approximate surface area is 73.0 Å². The predicted molar refractivity (Wildman–Crippen MR) is 44.8 cm³/mol. The van der Waals surface area contributed by atoms with Crippen LogP contribution < -0.4 is 9.78 Å². The van der Waals surface area contributed by atoms with Crippen LogP contribution in [0.25, 0.3) is 10.9 Å². The predicted octanol–water partition coefficient (Wildman–Crippen LogP) is 1.87. The Bertz CT molecular complexity index is 385. The first-order chi connectivity index (χ1) is 6.35. The summed E-state index contributed by atoms with van der Waals surface area (Å²) in [6, 6.07) is 4.86. The summed E-state index contributed by atoms with van der Waals surface area (Å²) in [6.07, 6.45) is 1.73. The Morgan fingerprint density at radius 1 is 1.08 bits per heavy atom. The van der Waals surface area contributed by atoms with E-state index in [0.29, 0.717) is 0 Å². The zero-order valence-corrected chi connectivity index (χ0v) is 6.52. The maximum Gasteiger partial charge on any atom is 0.213 e. The van der Waals surface area contributed by atoms with Gasteiger partial charge in [0.15, 0.2) is 0 Å². The van der Waals surface area contributed by atoms with Gasteiger partial charge >= 0.3 is 0 Å². The molecule has 0 aliphatic carbocycles. The van der Waals surface area contributed by atoms with Crippen molar-refractivity contribution in [1.82, 2.24) is 4.98 Å². The highest BCUT2D eigenvalue weighted by Crippen LogP contribution is 2.31. The van der Waals surface area contributed by atoms with Gasteiger partial charge in [0.1, 0.15) is 0 Å². The van der Waals surface area contributed by atoms with Crippen LogP contribution in [0.15, 0.2) is 24.4 Å². The van der Waals surface area contributed by atoms with E-state index in [1.165, 1.54) is 12.1 Å². The molecule has 0 unspecified atom stereocenters. The molecule has 1 aromatic carbocycles. The molecular formula is C8H7NO4. The molecule has 0 saturated carbocycles. The second-order valence-corrected chi connectivity index (χ2v) is 2.55. The van der Waals surface area contributed by atoms with Crippen LogP contribution in [0.5, 0.6) is 11.5 Å². The van der Waals surface area contributed by atoms with Gasteiger partial charge in [-0.25, -0.2) is 10.5 Å². The van der Waals surface area contributed by atoms with Crippen LogP contribution in [0.1, 0.15) is 0 Å². The Balaban J connectivity index is 2.67. The summed E-state index contributed by atoms with van der Waals surface area (Å²) in [5.41, 5.74) is 0.782. The van der Waals surface area contributed by atoms with Crippen molar-refractivity contribution in [2.45, 2.75) is 0 Å². The van der Waals surface area contributed by atoms with Crippen LogP contribution >= 0.6 is 0 Å². The van der Waals surface area contributed by atoms with Gasteiger partial charge in [-0.15, -0.1) is 0 Å². The minimum Gasteiger partial charge on any atom is -0.361 e. The van der Waals surface area contributed by atoms with E-state index in [4.69, 9.17) is 10.5 Å². The maximum absolute atomic E-state index is 8.45. The Kier molecular flexibility index (Phi) is 1.80. The first kappa shape index (κ1) is 7.90. The SMILES string of the molecule is OOc1cc2cc[nH]c2cc1OO. The van der Waals surface area contributed by atoms with E-state index in [1.807, 2.05) is 0 Å². The zero-order valence-electron chi connectivity index (χ0n) is 6.52. The molecule has 0 atom stereocenters. The van der Waals surface area contributed by atoms with Gasteiger partial charge < -0.3 is 14.8 Å². The van der Waals surface area contributed by atoms with E-state index in [0.717, 1.165) is 10.9 Å². The van der Waals surface area contributed by atoms with E-state index in [2.05, 4.69) is 14.8 Å². The molecule has 0 aliphatic rings. The lowest BCUT2D eigenvalue weighted by Gasteiger charge is -2.02. The highest BCUT2D eigenvalue weighted by atomic mass is 17.1. The maximum atomic E-state index is 8.45. The quantitative estimate of drug-likeness (QED) is 0.488. The molecule has 5 heteroatoms. The van der Waals surface area contributed by atoms with Gasteiger partial charge in [0.05, 0.1) is 0 Å². The van der Waals surface area contributed by atoms with Crippen molar-refractivity contribution in [1.29, 1.82) is 0 Å². The zero-order chi connectivity index (χ0) is 9.26. The van der Waals surface area contributed by atoms with E-state index < -0.39 is 0 Å². The third kappa shape index (κ3) is 1.20. The number of fused-ring (bicyclic) bond motifs is 1. The molecule has 0 saturated heterocycles. The molecule has 13 heavy (non-hydrogen) atoms. The Hall–Kier alpha value is -1.72. The molecule has 2 aromatic rings. The number of nitrogens with one attached hydrogen (secondary N) is 1. The van der Waals surface area contributed by atoms with Crippen molar-refractivity contribution in [2.75, 3.05) is 0 Å². The van der Waals surface area contributed by atoms with Crippen LogP contribution in [0.2, 0.25) is 0 Å². The molecular weight excluding hydrogens is 174 g/mol. The van der Waals surface area contributed by atoms with Gasteiger partial charge in [-0.3, -0.25) is 0 Å². The summed E-state index contributed by atoms with van der Waals surface area (Å²) < 4.78 is 0. The van der Waals surface area contributed by atoms with Crippen LogP contribution in [0.4, 0.5) is 0 Å². The van der Waals surface area contributed by atoms with E-state index in [9.17, 15) is 0 Å². The third-order valence-electron chi connectivity index (χ3n) is 1.81. The topological polar surface area (TPSA) is 74.7 Å². The van der Waals surface area contributed by atoms with Crippen LogP contribution in [0.3, 0.4) is 0 Å². The number of benzene rings is 1. The fourth-order valence-electron chi connectivity index (χ4n) is 1.20. The Morgan fingerprint density at radius 2 is 1.77 bits per heavy atom. The average molecular weight is 181 g/mol. The minimum absolute atomic E-state index is 0.0532. The molecule has 0 amide bonds. The first-order valence-corrected chi connectivity index (χ1v) is 3.59. The van der Waals surface area contributed by atoms with Crippen molar-refractivity contribution < 1.29 is 20.3 Å². The smallest absolute Gasteiger partial charge is 0.213 e. The molecule has 1 heterocycles. The second kappa shape index (κ2) is 2.96. The first-order valence-electron chi connectivity index (χ1n) is 3.59. The summed E-state index contributed by atoms with van der Waals surface area (Å²) in [5, 5.41) is 17.7. The lowest BCUT2D eigenvalue weighted by Crippen LogP contribution is -1.90. The lowest BCUT2D eigenvalue weighted by molar-refractivity contribution is -0.164. The summed E-state index contributed by atoms with van der Waals surface area (Å²) in [6.45, 7) is 0. The van der Waals surface area contributed by atoms with E-state index in [-0.39, 0.29) is 11.5 Å². The fourth-order valence-corrected chi connectivity index (χ4v) is 1.20. The molecule has 68 valence electrons. The van der Waals surface area contributed by atoms with Crippen LogP contribution in [-0.2, 0) is 0 Å². The second-order valence-electron chi connectivity index (χ2n) is 2.55. The van der Waals surface area contributed by atoms with Gasteiger partial charge in [0, 0.05) is 23.2 Å². The molecule has 0 fully saturated rings. The fraction of sp³-hybridized carbons (Fsp3) is 0. The van der Waals surface area contributed by atoms with Gasteiger partial charge in [-0.2, -0.15) is 0 Å². The molecule has 2 rings (SSSR count). The number of rotatable bonds is 2. The number of aromatic amines is 1. The van der Waals surface area contributed by atoms with Gasteiger partial charge in [-0.05, 0) is 12.1 Å². The summed E-state index contributed by atoms with van der Waals surface area (Å²) in [7, 11) is 0. The highest BCUT2D eigenvalue weighted by molar-refractivity contribution is 5.83. The summed E-state index contributed by atoms with van der Waals surface area (Å²) in [5.74, 6) is 0.118. The summed E-state index contributed by atoms with van der Waals surface area (Å²) >= 11 is 0. The summed E-state index contributed by atoms with van der Waals surface area (Å²) in [4.78, 5) is 10.9. The number of aromatic nitrogens is 1. The minimum atomic E-state index is 0.0532. The highest BCUT2D eigenvalue weighted by Gasteiger charge is 2.08. The van der Waals surface area contributed by atoms with Crippen LogP contribution in [-0.4, -0.2) is 15.5 Å². The lowest BCUT2D eigenvalue weighted by atomic mass is 10.2. The largest absolute Gasteiger partial charge is 0.361 e. The van der Waals surface area contributed by atoms with Crippen LogP contribution in [0, 0.1) is 0 Å². The van der Waals surface area contributed by atoms with E-state index in [1.54, 1.807) is 12.3 Å². The van der Waals surface area contributed by atoms with Gasteiger partial charge in [0.2, 0.25) is 11.5 Å². The van der Waals surface area contributed by atoms with Gasteiger partial charge in [0.25, 0.3) is 0 Å². The van der Waals surface area contributed by atoms with E-state index >= 15 is 0 Å². The molecule has 5 nitrogen and oxygen atoms in total. The number of H-pyrrole nitrogens is 1. The van der Waals surface area contributed by atoms with Crippen molar-refractivity contribution in [3.63, 3.8) is 0 Å². The molecule has 1 aromatic heterocycles. The number of hydrogen-bond acceptors (Lipinski definition) is 4. The van der Waals surface area contributed by atoms with Crippen molar-refractivity contribution in [2.24, 2.45) is 0 Å². The number of hydrogen-bond donors (Lipinski definition) is 3. The van der Waals surface area contributed by atoms with Gasteiger partial charge in [-0.1, -0.05) is 0 Å².